The Morgan fingerprint density at radius 2 is 1.66 bits per heavy atom. The van der Waals surface area contributed by atoms with Crippen LogP contribution in [0, 0.1) is 6.92 Å². The summed E-state index contributed by atoms with van der Waals surface area (Å²) in [7, 11) is 0. The topological polar surface area (TPSA) is 110 Å². The fourth-order valence-electron chi connectivity index (χ4n) is 4.46. The SMILES string of the molecule is CCCc1nc(C)c(Cc2cccc(CO)c2)c(OCc2ccc(-c3ccccc3-c3nn[nH]n3)cc2)n1. The largest absolute Gasteiger partial charge is 0.472 e. The first-order valence-electron chi connectivity index (χ1n) is 12.7. The first-order chi connectivity index (χ1) is 18.6. The molecule has 5 aromatic rings. The Bertz CT molecular complexity index is 1500. The standard InChI is InChI=1S/C30H30N6O2/c1-3-7-28-31-20(2)27(17-22-8-6-9-23(16-22)18-37)30(32-28)38-19-21-12-14-24(15-13-21)25-10-4-5-11-26(25)29-33-35-36-34-29/h4-6,8-16,37H,3,7,17-19H2,1-2H3,(H,33,34,35,36). The molecule has 0 unspecified atom stereocenters. The number of aryl methyl sites for hydroxylation is 2. The lowest BCUT2D eigenvalue weighted by Gasteiger charge is -2.15. The molecule has 0 spiro atoms. The van der Waals surface area contributed by atoms with Crippen molar-refractivity contribution in [2.75, 3.05) is 0 Å². The number of ether oxygens (including phenoxy) is 1. The van der Waals surface area contributed by atoms with E-state index in [2.05, 4.69) is 51.8 Å². The van der Waals surface area contributed by atoms with Gasteiger partial charge in [-0.2, -0.15) is 10.2 Å². The van der Waals surface area contributed by atoms with Gasteiger partial charge in [-0.15, -0.1) is 10.2 Å². The van der Waals surface area contributed by atoms with Crippen LogP contribution in [0.25, 0.3) is 22.5 Å². The lowest BCUT2D eigenvalue weighted by atomic mass is 9.98. The van der Waals surface area contributed by atoms with Gasteiger partial charge in [0.1, 0.15) is 12.4 Å². The summed E-state index contributed by atoms with van der Waals surface area (Å²) in [5.41, 5.74) is 7.89. The fraction of sp³-hybridized carbons (Fsp3) is 0.233. The number of aromatic amines is 1. The fourth-order valence-corrected chi connectivity index (χ4v) is 4.46. The summed E-state index contributed by atoms with van der Waals surface area (Å²) in [6, 6.07) is 24.2. The first kappa shape index (κ1) is 25.2. The van der Waals surface area contributed by atoms with Crippen LogP contribution in [-0.2, 0) is 26.1 Å². The zero-order valence-corrected chi connectivity index (χ0v) is 21.6. The smallest absolute Gasteiger partial charge is 0.220 e. The van der Waals surface area contributed by atoms with E-state index in [0.717, 1.165) is 63.3 Å². The Morgan fingerprint density at radius 1 is 0.868 bits per heavy atom. The van der Waals surface area contributed by atoms with Gasteiger partial charge in [-0.05, 0) is 46.4 Å². The molecule has 0 saturated heterocycles. The number of aliphatic hydroxyl groups excluding tert-OH is 1. The van der Waals surface area contributed by atoms with E-state index in [1.807, 2.05) is 55.5 Å². The van der Waals surface area contributed by atoms with Crippen molar-refractivity contribution < 1.29 is 9.84 Å². The maximum absolute atomic E-state index is 9.54. The van der Waals surface area contributed by atoms with E-state index < -0.39 is 0 Å². The van der Waals surface area contributed by atoms with Crippen molar-refractivity contribution >= 4 is 0 Å². The number of rotatable bonds is 10. The molecule has 0 amide bonds. The lowest BCUT2D eigenvalue weighted by molar-refractivity contribution is 0.281. The van der Waals surface area contributed by atoms with Gasteiger partial charge in [0.05, 0.1) is 6.61 Å². The highest BCUT2D eigenvalue weighted by molar-refractivity contribution is 5.80. The Kier molecular flexibility index (Phi) is 7.80. The molecule has 2 N–H and O–H groups in total. The van der Waals surface area contributed by atoms with Crippen LogP contribution in [0.4, 0.5) is 0 Å². The second-order valence-electron chi connectivity index (χ2n) is 9.18. The Labute approximate surface area is 221 Å². The van der Waals surface area contributed by atoms with E-state index in [9.17, 15) is 5.11 Å². The van der Waals surface area contributed by atoms with Crippen LogP contribution in [0.5, 0.6) is 5.88 Å². The van der Waals surface area contributed by atoms with Crippen LogP contribution >= 0.6 is 0 Å². The van der Waals surface area contributed by atoms with Crippen LogP contribution in [0.2, 0.25) is 0 Å². The second kappa shape index (κ2) is 11.7. The van der Waals surface area contributed by atoms with E-state index in [1.165, 1.54) is 0 Å². The summed E-state index contributed by atoms with van der Waals surface area (Å²) in [4.78, 5) is 9.51. The van der Waals surface area contributed by atoms with Crippen molar-refractivity contribution in [3.8, 4) is 28.4 Å². The number of aliphatic hydroxyl groups is 1. The number of nitrogens with zero attached hydrogens (tertiary/aromatic N) is 5. The molecular formula is C30H30N6O2. The molecule has 3 aromatic carbocycles. The minimum absolute atomic E-state index is 0.0116. The number of tetrazole rings is 1. The van der Waals surface area contributed by atoms with Crippen LogP contribution < -0.4 is 4.74 Å². The van der Waals surface area contributed by atoms with Crippen molar-refractivity contribution in [2.24, 2.45) is 0 Å². The third kappa shape index (κ3) is 5.76. The second-order valence-corrected chi connectivity index (χ2v) is 9.18. The minimum Gasteiger partial charge on any atom is -0.472 e. The van der Waals surface area contributed by atoms with Gasteiger partial charge in [-0.25, -0.2) is 4.98 Å². The van der Waals surface area contributed by atoms with Crippen molar-refractivity contribution in [3.63, 3.8) is 0 Å². The molecule has 0 fully saturated rings. The third-order valence-corrected chi connectivity index (χ3v) is 6.40. The summed E-state index contributed by atoms with van der Waals surface area (Å²) in [6.45, 7) is 4.52. The van der Waals surface area contributed by atoms with E-state index in [0.29, 0.717) is 24.7 Å². The molecule has 0 aliphatic carbocycles. The molecule has 0 bridgehead atoms. The number of hydrogen-bond acceptors (Lipinski definition) is 7. The van der Waals surface area contributed by atoms with E-state index in [4.69, 9.17) is 14.7 Å². The molecule has 38 heavy (non-hydrogen) atoms. The highest BCUT2D eigenvalue weighted by atomic mass is 16.5. The number of hydrogen-bond donors (Lipinski definition) is 2. The average molecular weight is 507 g/mol. The van der Waals surface area contributed by atoms with E-state index >= 15 is 0 Å². The molecule has 192 valence electrons. The predicted molar refractivity (Wildman–Crippen MR) is 145 cm³/mol. The van der Waals surface area contributed by atoms with Gasteiger partial charge in [0.25, 0.3) is 0 Å². The number of H-pyrrole nitrogens is 1. The van der Waals surface area contributed by atoms with Gasteiger partial charge in [0, 0.05) is 29.7 Å². The summed E-state index contributed by atoms with van der Waals surface area (Å²) in [5.74, 6) is 1.97. The zero-order chi connectivity index (χ0) is 26.3. The molecule has 0 saturated carbocycles. The molecule has 0 aliphatic rings. The van der Waals surface area contributed by atoms with E-state index in [-0.39, 0.29) is 6.61 Å². The van der Waals surface area contributed by atoms with Gasteiger partial charge < -0.3 is 9.84 Å². The van der Waals surface area contributed by atoms with Crippen LogP contribution in [0.15, 0.2) is 72.8 Å². The van der Waals surface area contributed by atoms with Crippen molar-refractivity contribution in [2.45, 2.75) is 46.3 Å². The molecule has 8 nitrogen and oxygen atoms in total. The molecular weight excluding hydrogens is 476 g/mol. The molecule has 8 heteroatoms. The molecule has 2 aromatic heterocycles. The van der Waals surface area contributed by atoms with Crippen molar-refractivity contribution in [1.82, 2.24) is 30.6 Å². The maximum atomic E-state index is 9.54. The normalized spacial score (nSPS) is 11.0. The highest BCUT2D eigenvalue weighted by Crippen LogP contribution is 2.30. The minimum atomic E-state index is 0.0116. The number of aromatic nitrogens is 6. The summed E-state index contributed by atoms with van der Waals surface area (Å²) >= 11 is 0. The van der Waals surface area contributed by atoms with Crippen molar-refractivity contribution in [3.05, 3.63) is 107 Å². The number of nitrogens with one attached hydrogen (secondary N) is 1. The summed E-state index contributed by atoms with van der Waals surface area (Å²) < 4.78 is 6.32. The molecule has 0 aliphatic heterocycles. The highest BCUT2D eigenvalue weighted by Gasteiger charge is 2.15. The Balaban J connectivity index is 1.38. The molecule has 0 radical (unpaired) electrons. The number of benzene rings is 3. The lowest BCUT2D eigenvalue weighted by Crippen LogP contribution is -2.08. The molecule has 0 atom stereocenters. The zero-order valence-electron chi connectivity index (χ0n) is 21.6. The van der Waals surface area contributed by atoms with Gasteiger partial charge in [0.2, 0.25) is 11.7 Å². The summed E-state index contributed by atoms with van der Waals surface area (Å²) in [6.07, 6.45) is 2.39. The molecule has 5 rings (SSSR count). The van der Waals surface area contributed by atoms with Crippen LogP contribution in [-0.4, -0.2) is 35.7 Å². The Hall–Kier alpha value is -4.43. The van der Waals surface area contributed by atoms with E-state index in [1.54, 1.807) is 0 Å². The maximum Gasteiger partial charge on any atom is 0.220 e. The van der Waals surface area contributed by atoms with Gasteiger partial charge in [-0.1, -0.05) is 79.7 Å². The monoisotopic (exact) mass is 506 g/mol. The summed E-state index contributed by atoms with van der Waals surface area (Å²) in [5, 5.41) is 24.0. The predicted octanol–water partition coefficient (Wildman–Crippen LogP) is 5.25. The van der Waals surface area contributed by atoms with Gasteiger partial charge in [0.15, 0.2) is 0 Å². The first-order valence-corrected chi connectivity index (χ1v) is 12.7. The third-order valence-electron chi connectivity index (χ3n) is 6.40. The Morgan fingerprint density at radius 3 is 2.39 bits per heavy atom. The molecule has 2 heterocycles. The van der Waals surface area contributed by atoms with Crippen LogP contribution in [0.1, 0.15) is 47.1 Å². The van der Waals surface area contributed by atoms with Crippen LogP contribution in [0.3, 0.4) is 0 Å². The van der Waals surface area contributed by atoms with Crippen molar-refractivity contribution in [1.29, 1.82) is 0 Å². The quantitative estimate of drug-likeness (QED) is 0.266. The van der Waals surface area contributed by atoms with Gasteiger partial charge in [-0.3, -0.25) is 0 Å². The van der Waals surface area contributed by atoms with Gasteiger partial charge >= 0.3 is 0 Å². The average Bonchev–Trinajstić information content (AvgIpc) is 3.49.